The molecule has 0 aromatic carbocycles. The van der Waals surface area contributed by atoms with Gasteiger partial charge in [-0.1, -0.05) is 6.92 Å². The number of nitrogens with zero attached hydrogens (tertiary/aromatic N) is 2. The molecule has 0 bridgehead atoms. The maximum atomic E-state index is 11.4. The molecule has 1 aromatic heterocycles. The van der Waals surface area contributed by atoms with Crippen LogP contribution in [0.25, 0.3) is 0 Å². The van der Waals surface area contributed by atoms with Gasteiger partial charge in [-0.05, 0) is 6.42 Å². The van der Waals surface area contributed by atoms with Gasteiger partial charge in [-0.2, -0.15) is 0 Å². The van der Waals surface area contributed by atoms with Gasteiger partial charge in [-0.25, -0.2) is 9.89 Å². The molecule has 1 rings (SSSR count). The molecule has 8 nitrogen and oxygen atoms in total. The molecule has 3 N–H and O–H groups in total. The van der Waals surface area contributed by atoms with E-state index in [1.165, 1.54) is 4.90 Å². The number of carboxylic acid groups (broad SMARTS) is 1. The van der Waals surface area contributed by atoms with E-state index in [0.717, 1.165) is 0 Å². The zero-order valence-electron chi connectivity index (χ0n) is 8.69. The molecule has 0 saturated carbocycles. The van der Waals surface area contributed by atoms with Crippen molar-refractivity contribution in [2.75, 3.05) is 18.0 Å². The number of carbonyl (C=O) groups is 1. The minimum atomic E-state index is -1.07. The summed E-state index contributed by atoms with van der Waals surface area (Å²) in [7, 11) is 0. The quantitative estimate of drug-likeness (QED) is 0.580. The second kappa shape index (κ2) is 5.10. The van der Waals surface area contributed by atoms with E-state index in [1.54, 1.807) is 0 Å². The van der Waals surface area contributed by atoms with Crippen LogP contribution in [-0.2, 0) is 4.79 Å². The van der Waals surface area contributed by atoms with E-state index in [2.05, 4.69) is 10.2 Å². The lowest BCUT2D eigenvalue weighted by molar-refractivity contribution is -0.135. The fraction of sp³-hybridized carbons (Fsp3) is 0.500. The molecule has 0 radical (unpaired) electrons. The standard InChI is InChI=1S/C8H12N4O4/c1-2-3-12(4-5(13)14)6-7(15)9-8(16)11-10-6/h2-4H2,1H3,(H,13,14)(H2,9,11,15,16). The first-order valence-electron chi connectivity index (χ1n) is 4.70. The topological polar surface area (TPSA) is 119 Å². The molecular formula is C8H12N4O4. The molecule has 0 amide bonds. The third-order valence-corrected chi connectivity index (χ3v) is 1.81. The Balaban J connectivity index is 3.05. The lowest BCUT2D eigenvalue weighted by Crippen LogP contribution is -2.38. The summed E-state index contributed by atoms with van der Waals surface area (Å²) in [5.74, 6) is -1.16. The Morgan fingerprint density at radius 2 is 2.19 bits per heavy atom. The van der Waals surface area contributed by atoms with E-state index in [9.17, 15) is 14.4 Å². The van der Waals surface area contributed by atoms with E-state index < -0.39 is 17.2 Å². The number of aromatic amines is 2. The summed E-state index contributed by atoms with van der Waals surface area (Å²) < 4.78 is 0. The van der Waals surface area contributed by atoms with Gasteiger partial charge in [-0.3, -0.25) is 14.6 Å². The zero-order valence-corrected chi connectivity index (χ0v) is 8.69. The van der Waals surface area contributed by atoms with Crippen LogP contribution in [0.15, 0.2) is 9.59 Å². The summed E-state index contributed by atoms with van der Waals surface area (Å²) in [6.07, 6.45) is 0.660. The number of aromatic nitrogens is 3. The first kappa shape index (κ1) is 12.0. The Kier molecular flexibility index (Phi) is 3.81. The van der Waals surface area contributed by atoms with Gasteiger partial charge < -0.3 is 10.0 Å². The second-order valence-corrected chi connectivity index (χ2v) is 3.15. The van der Waals surface area contributed by atoms with Crippen molar-refractivity contribution in [3.05, 3.63) is 20.8 Å². The van der Waals surface area contributed by atoms with E-state index in [-0.39, 0.29) is 12.4 Å². The van der Waals surface area contributed by atoms with E-state index in [4.69, 9.17) is 5.11 Å². The fourth-order valence-electron chi connectivity index (χ4n) is 1.25. The maximum Gasteiger partial charge on any atom is 0.342 e. The number of rotatable bonds is 5. The highest BCUT2D eigenvalue weighted by Gasteiger charge is 2.14. The van der Waals surface area contributed by atoms with Crippen molar-refractivity contribution < 1.29 is 9.90 Å². The summed E-state index contributed by atoms with van der Waals surface area (Å²) in [4.78, 5) is 36.0. The molecule has 8 heteroatoms. The van der Waals surface area contributed by atoms with Crippen molar-refractivity contribution >= 4 is 11.8 Å². The van der Waals surface area contributed by atoms with Crippen molar-refractivity contribution in [2.24, 2.45) is 0 Å². The van der Waals surface area contributed by atoms with Gasteiger partial charge >= 0.3 is 11.7 Å². The van der Waals surface area contributed by atoms with Crippen molar-refractivity contribution in [3.63, 3.8) is 0 Å². The van der Waals surface area contributed by atoms with Gasteiger partial charge in [0.05, 0.1) is 0 Å². The zero-order chi connectivity index (χ0) is 12.1. The highest BCUT2D eigenvalue weighted by Crippen LogP contribution is 2.01. The van der Waals surface area contributed by atoms with Gasteiger partial charge in [0, 0.05) is 6.54 Å². The Hall–Kier alpha value is -2.12. The predicted octanol–water partition coefficient (Wildman–Crippen LogP) is -1.24. The van der Waals surface area contributed by atoms with Crippen LogP contribution < -0.4 is 16.1 Å². The Bertz CT molecular complexity index is 477. The van der Waals surface area contributed by atoms with Crippen LogP contribution in [-0.4, -0.2) is 39.3 Å². The van der Waals surface area contributed by atoms with Crippen LogP contribution in [0.1, 0.15) is 13.3 Å². The number of aliphatic carboxylic acids is 1. The summed E-state index contributed by atoms with van der Waals surface area (Å²) in [6.45, 7) is 1.87. The Morgan fingerprint density at radius 3 is 2.69 bits per heavy atom. The molecule has 88 valence electrons. The van der Waals surface area contributed by atoms with Crippen LogP contribution in [0.5, 0.6) is 0 Å². The monoisotopic (exact) mass is 228 g/mol. The largest absolute Gasteiger partial charge is 0.480 e. The van der Waals surface area contributed by atoms with Crippen LogP contribution >= 0.6 is 0 Å². The van der Waals surface area contributed by atoms with E-state index in [1.807, 2.05) is 11.9 Å². The number of nitrogens with one attached hydrogen (secondary N) is 2. The molecule has 0 aliphatic rings. The van der Waals surface area contributed by atoms with Crippen molar-refractivity contribution in [2.45, 2.75) is 13.3 Å². The molecule has 0 fully saturated rings. The number of hydrogen-bond acceptors (Lipinski definition) is 5. The lowest BCUT2D eigenvalue weighted by atomic mass is 10.4. The number of hydrogen-bond donors (Lipinski definition) is 3. The first-order valence-corrected chi connectivity index (χ1v) is 4.70. The first-order chi connectivity index (χ1) is 7.54. The highest BCUT2D eigenvalue weighted by atomic mass is 16.4. The van der Waals surface area contributed by atoms with E-state index in [0.29, 0.717) is 13.0 Å². The molecule has 0 saturated heterocycles. The van der Waals surface area contributed by atoms with Gasteiger partial charge in [-0.15, -0.1) is 5.10 Å². The van der Waals surface area contributed by atoms with Gasteiger partial charge in [0.1, 0.15) is 6.54 Å². The summed E-state index contributed by atoms with van der Waals surface area (Å²) in [5.41, 5.74) is -1.42. The average Bonchev–Trinajstić information content (AvgIpc) is 2.16. The minimum Gasteiger partial charge on any atom is -0.480 e. The van der Waals surface area contributed by atoms with Crippen molar-refractivity contribution in [1.82, 2.24) is 15.2 Å². The van der Waals surface area contributed by atoms with Crippen LogP contribution in [0.2, 0.25) is 0 Å². The van der Waals surface area contributed by atoms with E-state index >= 15 is 0 Å². The van der Waals surface area contributed by atoms with Gasteiger partial charge in [0.25, 0.3) is 5.56 Å². The number of H-pyrrole nitrogens is 2. The molecule has 1 heterocycles. The maximum absolute atomic E-state index is 11.4. The van der Waals surface area contributed by atoms with Crippen molar-refractivity contribution in [3.8, 4) is 0 Å². The summed E-state index contributed by atoms with van der Waals surface area (Å²) >= 11 is 0. The average molecular weight is 228 g/mol. The lowest BCUT2D eigenvalue weighted by Gasteiger charge is -2.18. The predicted molar refractivity (Wildman–Crippen MR) is 55.6 cm³/mol. The SMILES string of the molecule is CCCN(CC(=O)O)c1n[nH]c(=O)[nH]c1=O. The Morgan fingerprint density at radius 1 is 1.50 bits per heavy atom. The highest BCUT2D eigenvalue weighted by molar-refractivity contribution is 5.72. The second-order valence-electron chi connectivity index (χ2n) is 3.15. The summed E-state index contributed by atoms with van der Waals surface area (Å²) in [6, 6.07) is 0. The number of anilines is 1. The normalized spacial score (nSPS) is 10.1. The molecule has 0 atom stereocenters. The van der Waals surface area contributed by atoms with Crippen molar-refractivity contribution in [1.29, 1.82) is 0 Å². The molecular weight excluding hydrogens is 216 g/mol. The Labute approximate surface area is 89.9 Å². The van der Waals surface area contributed by atoms with Gasteiger partial charge in [0.15, 0.2) is 0 Å². The molecule has 0 spiro atoms. The fourth-order valence-corrected chi connectivity index (χ4v) is 1.25. The smallest absolute Gasteiger partial charge is 0.342 e. The van der Waals surface area contributed by atoms with Crippen LogP contribution in [0.3, 0.4) is 0 Å². The third kappa shape index (κ3) is 2.94. The molecule has 16 heavy (non-hydrogen) atoms. The summed E-state index contributed by atoms with van der Waals surface area (Å²) in [5, 5.41) is 14.3. The molecule has 0 aliphatic carbocycles. The third-order valence-electron chi connectivity index (χ3n) is 1.81. The molecule has 1 aromatic rings. The number of carboxylic acids is 1. The van der Waals surface area contributed by atoms with Crippen LogP contribution in [0, 0.1) is 0 Å². The molecule has 0 unspecified atom stereocenters. The van der Waals surface area contributed by atoms with Gasteiger partial charge in [0.2, 0.25) is 5.82 Å². The molecule has 0 aliphatic heterocycles. The minimum absolute atomic E-state index is 0.0937. The van der Waals surface area contributed by atoms with Crippen LogP contribution in [0.4, 0.5) is 5.82 Å².